The van der Waals surface area contributed by atoms with Gasteiger partial charge in [0.25, 0.3) is 5.91 Å². The van der Waals surface area contributed by atoms with E-state index in [-0.39, 0.29) is 17.9 Å². The van der Waals surface area contributed by atoms with E-state index in [4.69, 9.17) is 16.0 Å². The van der Waals surface area contributed by atoms with Crippen LogP contribution in [0.25, 0.3) is 22.5 Å². The fourth-order valence-electron chi connectivity index (χ4n) is 4.31. The lowest BCUT2D eigenvalue weighted by Crippen LogP contribution is -2.45. The van der Waals surface area contributed by atoms with Crippen molar-refractivity contribution in [2.75, 3.05) is 6.54 Å². The molecule has 0 spiro atoms. The van der Waals surface area contributed by atoms with Gasteiger partial charge in [0.05, 0.1) is 11.5 Å². The summed E-state index contributed by atoms with van der Waals surface area (Å²) in [4.78, 5) is 29.1. The van der Waals surface area contributed by atoms with Gasteiger partial charge >= 0.3 is 0 Å². The molecule has 0 bridgehead atoms. The highest BCUT2D eigenvalue weighted by Crippen LogP contribution is 2.34. The summed E-state index contributed by atoms with van der Waals surface area (Å²) >= 11 is 6.10. The van der Waals surface area contributed by atoms with Crippen LogP contribution in [0.3, 0.4) is 0 Å². The quantitative estimate of drug-likeness (QED) is 0.406. The number of nitrogens with zero attached hydrogens (tertiary/aromatic N) is 4. The Morgan fingerprint density at radius 3 is 2.75 bits per heavy atom. The number of carbonyl (C=O) groups excluding carboxylic acids is 1. The summed E-state index contributed by atoms with van der Waals surface area (Å²) in [6.07, 6.45) is 5.16. The van der Waals surface area contributed by atoms with Gasteiger partial charge in [-0.2, -0.15) is 0 Å². The standard InChI is InChI=1S/C25H23ClN4O2/c1-15-4-8-19(23-27-10-3-11-28-23)20(12-15)25(31)30-14-17(6-5-16(30)2)24-29-21-13-18(26)7-9-22(21)32-24/h3-4,7-13,16-17H,5-6,14H2,1-2H3. The van der Waals surface area contributed by atoms with E-state index in [0.29, 0.717) is 34.4 Å². The summed E-state index contributed by atoms with van der Waals surface area (Å²) < 4.78 is 6.02. The molecule has 32 heavy (non-hydrogen) atoms. The van der Waals surface area contributed by atoms with Crippen LogP contribution in [-0.4, -0.2) is 38.3 Å². The molecule has 1 amide bonds. The minimum atomic E-state index is -0.0208. The first-order valence-corrected chi connectivity index (χ1v) is 11.1. The Morgan fingerprint density at radius 2 is 1.94 bits per heavy atom. The first-order chi connectivity index (χ1) is 15.5. The second-order valence-corrected chi connectivity index (χ2v) is 8.80. The first kappa shape index (κ1) is 20.6. The molecule has 1 saturated heterocycles. The molecule has 2 unspecified atom stereocenters. The smallest absolute Gasteiger partial charge is 0.254 e. The number of aromatic nitrogens is 3. The van der Waals surface area contributed by atoms with Crippen LogP contribution in [0.4, 0.5) is 0 Å². The molecule has 3 heterocycles. The Labute approximate surface area is 191 Å². The summed E-state index contributed by atoms with van der Waals surface area (Å²) in [6, 6.07) is 13.1. The molecule has 1 aliphatic heterocycles. The van der Waals surface area contributed by atoms with Crippen LogP contribution in [-0.2, 0) is 0 Å². The monoisotopic (exact) mass is 446 g/mol. The van der Waals surface area contributed by atoms with Crippen molar-refractivity contribution >= 4 is 28.6 Å². The van der Waals surface area contributed by atoms with Gasteiger partial charge in [0.2, 0.25) is 0 Å². The van der Waals surface area contributed by atoms with Crippen molar-refractivity contribution in [1.82, 2.24) is 19.9 Å². The highest BCUT2D eigenvalue weighted by Gasteiger charge is 2.34. The number of carbonyl (C=O) groups is 1. The van der Waals surface area contributed by atoms with E-state index in [1.165, 1.54) is 0 Å². The third-order valence-electron chi connectivity index (χ3n) is 6.07. The first-order valence-electron chi connectivity index (χ1n) is 10.7. The Bertz CT molecular complexity index is 1290. The van der Waals surface area contributed by atoms with Crippen LogP contribution in [0.5, 0.6) is 0 Å². The molecule has 162 valence electrons. The third-order valence-corrected chi connectivity index (χ3v) is 6.31. The van der Waals surface area contributed by atoms with Gasteiger partial charge in [-0.1, -0.05) is 29.3 Å². The van der Waals surface area contributed by atoms with Crippen LogP contribution >= 0.6 is 11.6 Å². The zero-order valence-electron chi connectivity index (χ0n) is 18.0. The fourth-order valence-corrected chi connectivity index (χ4v) is 4.47. The minimum Gasteiger partial charge on any atom is -0.440 e. The molecule has 0 N–H and O–H groups in total. The summed E-state index contributed by atoms with van der Waals surface area (Å²) in [7, 11) is 0. The lowest BCUT2D eigenvalue weighted by Gasteiger charge is -2.37. The number of amides is 1. The van der Waals surface area contributed by atoms with Gasteiger partial charge in [0.15, 0.2) is 17.3 Å². The maximum Gasteiger partial charge on any atom is 0.254 e. The van der Waals surface area contributed by atoms with E-state index in [1.807, 2.05) is 36.1 Å². The molecule has 1 fully saturated rings. The van der Waals surface area contributed by atoms with E-state index in [2.05, 4.69) is 21.9 Å². The van der Waals surface area contributed by atoms with Crippen LogP contribution in [0.1, 0.15) is 47.5 Å². The predicted octanol–water partition coefficient (Wildman–Crippen LogP) is 5.65. The van der Waals surface area contributed by atoms with Crippen LogP contribution in [0.2, 0.25) is 5.02 Å². The van der Waals surface area contributed by atoms with E-state index in [0.717, 1.165) is 29.5 Å². The van der Waals surface area contributed by atoms with Crippen molar-refractivity contribution in [3.05, 3.63) is 76.9 Å². The van der Waals surface area contributed by atoms with Gasteiger partial charge in [-0.3, -0.25) is 4.79 Å². The lowest BCUT2D eigenvalue weighted by atomic mass is 9.92. The van der Waals surface area contributed by atoms with Gasteiger partial charge in [0.1, 0.15) is 5.52 Å². The van der Waals surface area contributed by atoms with Gasteiger partial charge in [-0.15, -0.1) is 0 Å². The second-order valence-electron chi connectivity index (χ2n) is 8.37. The van der Waals surface area contributed by atoms with Gasteiger partial charge < -0.3 is 9.32 Å². The number of benzene rings is 2. The highest BCUT2D eigenvalue weighted by atomic mass is 35.5. The number of aryl methyl sites for hydroxylation is 1. The number of fused-ring (bicyclic) bond motifs is 1. The van der Waals surface area contributed by atoms with E-state index in [1.54, 1.807) is 30.6 Å². The lowest BCUT2D eigenvalue weighted by molar-refractivity contribution is 0.0598. The molecule has 0 saturated carbocycles. The number of hydrogen-bond donors (Lipinski definition) is 0. The summed E-state index contributed by atoms with van der Waals surface area (Å²) in [6.45, 7) is 4.62. The molecule has 5 rings (SSSR count). The second kappa shape index (κ2) is 8.36. The molecule has 4 aromatic rings. The number of hydrogen-bond acceptors (Lipinski definition) is 5. The molecular formula is C25H23ClN4O2. The SMILES string of the molecule is Cc1ccc(-c2ncccn2)c(C(=O)N2CC(c3nc4cc(Cl)ccc4o3)CCC2C)c1. The summed E-state index contributed by atoms with van der Waals surface area (Å²) in [5.74, 6) is 1.21. The number of rotatable bonds is 3. The third kappa shape index (κ3) is 3.86. The van der Waals surface area contributed by atoms with Crippen molar-refractivity contribution < 1.29 is 9.21 Å². The normalized spacial score (nSPS) is 18.8. The minimum absolute atomic E-state index is 0.0208. The van der Waals surface area contributed by atoms with Crippen molar-refractivity contribution in [3.63, 3.8) is 0 Å². The van der Waals surface area contributed by atoms with E-state index < -0.39 is 0 Å². The van der Waals surface area contributed by atoms with Crippen molar-refractivity contribution in [2.45, 2.75) is 38.6 Å². The largest absolute Gasteiger partial charge is 0.440 e. The van der Waals surface area contributed by atoms with Gasteiger partial charge in [-0.25, -0.2) is 15.0 Å². The van der Waals surface area contributed by atoms with Gasteiger partial charge in [-0.05, 0) is 57.0 Å². The average molecular weight is 447 g/mol. The molecule has 1 aliphatic rings. The molecule has 0 radical (unpaired) electrons. The molecular weight excluding hydrogens is 424 g/mol. The molecule has 2 atom stereocenters. The van der Waals surface area contributed by atoms with Crippen molar-refractivity contribution in [1.29, 1.82) is 0 Å². The number of halogens is 1. The molecule has 2 aromatic heterocycles. The van der Waals surface area contributed by atoms with E-state index >= 15 is 0 Å². The highest BCUT2D eigenvalue weighted by molar-refractivity contribution is 6.31. The molecule has 0 aliphatic carbocycles. The van der Waals surface area contributed by atoms with E-state index in [9.17, 15) is 4.79 Å². The average Bonchev–Trinajstić information content (AvgIpc) is 3.22. The van der Waals surface area contributed by atoms with Gasteiger partial charge in [0, 0.05) is 35.6 Å². The summed E-state index contributed by atoms with van der Waals surface area (Å²) in [5.41, 5.74) is 3.83. The maximum absolute atomic E-state index is 13.8. The van der Waals surface area contributed by atoms with Crippen LogP contribution in [0, 0.1) is 6.92 Å². The van der Waals surface area contributed by atoms with Crippen LogP contribution in [0.15, 0.2) is 59.3 Å². The van der Waals surface area contributed by atoms with Crippen LogP contribution < -0.4 is 0 Å². The topological polar surface area (TPSA) is 72.1 Å². The summed E-state index contributed by atoms with van der Waals surface area (Å²) in [5, 5.41) is 0.626. The zero-order chi connectivity index (χ0) is 22.2. The number of oxazole rings is 1. The Balaban J connectivity index is 1.47. The van der Waals surface area contributed by atoms with Crippen molar-refractivity contribution in [3.8, 4) is 11.4 Å². The zero-order valence-corrected chi connectivity index (χ0v) is 18.7. The maximum atomic E-state index is 13.8. The molecule has 2 aromatic carbocycles. The molecule has 6 nitrogen and oxygen atoms in total. The Morgan fingerprint density at radius 1 is 1.12 bits per heavy atom. The molecule has 7 heteroatoms. The predicted molar refractivity (Wildman–Crippen MR) is 124 cm³/mol. The fraction of sp³-hybridized carbons (Fsp3) is 0.280. The number of piperidine rings is 1. The number of likely N-dealkylation sites (tertiary alicyclic amines) is 1. The Hall–Kier alpha value is -3.25. The Kier molecular flexibility index (Phi) is 5.39. The van der Waals surface area contributed by atoms with Crippen molar-refractivity contribution in [2.24, 2.45) is 0 Å².